The molecule has 1 heterocycles. The fourth-order valence-electron chi connectivity index (χ4n) is 1.07. The predicted molar refractivity (Wildman–Crippen MR) is 59.6 cm³/mol. The molecule has 1 aromatic heterocycles. The third kappa shape index (κ3) is 6.49. The zero-order chi connectivity index (χ0) is 11.9. The monoisotopic (exact) mass is 245 g/mol. The Morgan fingerprint density at radius 2 is 2.06 bits per heavy atom. The molecule has 0 saturated heterocycles. The van der Waals surface area contributed by atoms with Gasteiger partial charge >= 0.3 is 0 Å². The van der Waals surface area contributed by atoms with Crippen molar-refractivity contribution in [1.82, 2.24) is 4.98 Å². The average Bonchev–Trinajstić information content (AvgIpc) is 2.23. The fraction of sp³-hybridized carbons (Fsp3) is 0.500. The van der Waals surface area contributed by atoms with Crippen LogP contribution < -0.4 is 0 Å². The van der Waals surface area contributed by atoms with Crippen LogP contribution in [0.2, 0.25) is 0 Å². The number of rotatable bonds is 7. The Morgan fingerprint density at radius 1 is 1.25 bits per heavy atom. The highest BCUT2D eigenvalue weighted by molar-refractivity contribution is 7.85. The van der Waals surface area contributed by atoms with Crippen LogP contribution in [0.4, 0.5) is 0 Å². The first kappa shape index (κ1) is 13.1. The quantitative estimate of drug-likeness (QED) is 0.520. The number of hydrogen-bond donors (Lipinski definition) is 0. The molecular formula is C10H15NO4S. The Kier molecular flexibility index (Phi) is 5.37. The van der Waals surface area contributed by atoms with Gasteiger partial charge in [0.2, 0.25) is 0 Å². The van der Waals surface area contributed by atoms with E-state index >= 15 is 0 Å². The van der Waals surface area contributed by atoms with Crippen molar-refractivity contribution in [2.45, 2.75) is 6.42 Å². The maximum atomic E-state index is 10.6. The van der Waals surface area contributed by atoms with Gasteiger partial charge in [0.15, 0.2) is 0 Å². The van der Waals surface area contributed by atoms with E-state index in [9.17, 15) is 8.42 Å². The van der Waals surface area contributed by atoms with Gasteiger partial charge in [-0.25, -0.2) is 0 Å². The summed E-state index contributed by atoms with van der Waals surface area (Å²) in [5.74, 6) is 0. The molecule has 0 unspecified atom stereocenters. The van der Waals surface area contributed by atoms with Gasteiger partial charge in [0.25, 0.3) is 10.1 Å². The minimum atomic E-state index is -3.36. The highest BCUT2D eigenvalue weighted by Gasteiger charge is 2.00. The van der Waals surface area contributed by atoms with Crippen LogP contribution in [0.25, 0.3) is 0 Å². The molecule has 0 bridgehead atoms. The molecule has 0 aliphatic heterocycles. The van der Waals surface area contributed by atoms with Crippen molar-refractivity contribution in [2.24, 2.45) is 0 Å². The first-order valence-electron chi connectivity index (χ1n) is 4.90. The molecular weight excluding hydrogens is 230 g/mol. The van der Waals surface area contributed by atoms with Gasteiger partial charge in [-0.2, -0.15) is 8.42 Å². The largest absolute Gasteiger partial charge is 0.379 e. The van der Waals surface area contributed by atoms with Crippen molar-refractivity contribution in [3.8, 4) is 0 Å². The average molecular weight is 245 g/mol. The van der Waals surface area contributed by atoms with Crippen LogP contribution in [0.15, 0.2) is 24.4 Å². The number of hydrogen-bond acceptors (Lipinski definition) is 5. The van der Waals surface area contributed by atoms with E-state index in [1.807, 2.05) is 18.2 Å². The van der Waals surface area contributed by atoms with Crippen LogP contribution in [-0.2, 0) is 25.5 Å². The molecule has 0 spiro atoms. The van der Waals surface area contributed by atoms with E-state index in [1.54, 1.807) is 6.20 Å². The van der Waals surface area contributed by atoms with Gasteiger partial charge < -0.3 is 4.74 Å². The maximum absolute atomic E-state index is 10.6. The second-order valence-corrected chi connectivity index (χ2v) is 4.85. The zero-order valence-corrected chi connectivity index (χ0v) is 9.94. The number of pyridine rings is 1. The highest BCUT2D eigenvalue weighted by Crippen LogP contribution is 1.95. The van der Waals surface area contributed by atoms with Gasteiger partial charge in [0.1, 0.15) is 0 Å². The molecule has 0 aliphatic carbocycles. The van der Waals surface area contributed by atoms with Crippen molar-refractivity contribution < 1.29 is 17.3 Å². The van der Waals surface area contributed by atoms with Gasteiger partial charge in [-0.1, -0.05) is 6.07 Å². The molecule has 0 saturated carbocycles. The molecule has 0 N–H and O–H groups in total. The van der Waals surface area contributed by atoms with Crippen LogP contribution in [0.3, 0.4) is 0 Å². The lowest BCUT2D eigenvalue weighted by Crippen LogP contribution is -2.11. The van der Waals surface area contributed by atoms with Gasteiger partial charge in [0.05, 0.1) is 26.1 Å². The summed E-state index contributed by atoms with van der Waals surface area (Å²) in [6, 6.07) is 5.68. The first-order chi connectivity index (χ1) is 7.58. The van der Waals surface area contributed by atoms with Gasteiger partial charge in [-0.3, -0.25) is 9.17 Å². The summed E-state index contributed by atoms with van der Waals surface area (Å²) < 4.78 is 30.9. The molecule has 16 heavy (non-hydrogen) atoms. The SMILES string of the molecule is CS(=O)(=O)OCCOCCc1ccccn1. The lowest BCUT2D eigenvalue weighted by atomic mass is 10.3. The van der Waals surface area contributed by atoms with Crippen molar-refractivity contribution in [3.63, 3.8) is 0 Å². The Hall–Kier alpha value is -0.980. The summed E-state index contributed by atoms with van der Waals surface area (Å²) in [5, 5.41) is 0. The van der Waals surface area contributed by atoms with Gasteiger partial charge in [0, 0.05) is 18.3 Å². The third-order valence-corrected chi connectivity index (χ3v) is 2.35. The van der Waals surface area contributed by atoms with Crippen molar-refractivity contribution in [3.05, 3.63) is 30.1 Å². The third-order valence-electron chi connectivity index (χ3n) is 1.75. The summed E-state index contributed by atoms with van der Waals surface area (Å²) >= 11 is 0. The van der Waals surface area contributed by atoms with E-state index in [2.05, 4.69) is 9.17 Å². The molecule has 0 aromatic carbocycles. The van der Waals surface area contributed by atoms with Crippen LogP contribution in [-0.4, -0.2) is 39.5 Å². The van der Waals surface area contributed by atoms with Crippen molar-refractivity contribution in [2.75, 3.05) is 26.1 Å². The Bertz CT molecular complexity index is 391. The predicted octanol–water partition coefficient (Wildman–Crippen LogP) is 0.617. The molecule has 0 fully saturated rings. The summed E-state index contributed by atoms with van der Waals surface area (Å²) in [5.41, 5.74) is 0.950. The Morgan fingerprint density at radius 3 is 2.69 bits per heavy atom. The minimum Gasteiger partial charge on any atom is -0.379 e. The number of ether oxygens (including phenoxy) is 1. The Balaban J connectivity index is 2.05. The maximum Gasteiger partial charge on any atom is 0.264 e. The van der Waals surface area contributed by atoms with E-state index in [4.69, 9.17) is 4.74 Å². The van der Waals surface area contributed by atoms with Crippen LogP contribution in [0.1, 0.15) is 5.69 Å². The topological polar surface area (TPSA) is 65.5 Å². The lowest BCUT2D eigenvalue weighted by molar-refractivity contribution is 0.104. The van der Waals surface area contributed by atoms with E-state index in [0.717, 1.165) is 11.9 Å². The van der Waals surface area contributed by atoms with Crippen LogP contribution >= 0.6 is 0 Å². The molecule has 6 heteroatoms. The van der Waals surface area contributed by atoms with Crippen molar-refractivity contribution in [1.29, 1.82) is 0 Å². The van der Waals surface area contributed by atoms with Crippen LogP contribution in [0.5, 0.6) is 0 Å². The molecule has 5 nitrogen and oxygen atoms in total. The minimum absolute atomic E-state index is 0.0566. The number of aromatic nitrogens is 1. The molecule has 1 aromatic rings. The van der Waals surface area contributed by atoms with E-state index in [1.165, 1.54) is 0 Å². The molecule has 1 rings (SSSR count). The summed E-state index contributed by atoms with van der Waals surface area (Å²) in [7, 11) is -3.36. The van der Waals surface area contributed by atoms with Crippen molar-refractivity contribution >= 4 is 10.1 Å². The van der Waals surface area contributed by atoms with E-state index < -0.39 is 10.1 Å². The van der Waals surface area contributed by atoms with Crippen LogP contribution in [0, 0.1) is 0 Å². The molecule has 0 aliphatic rings. The smallest absolute Gasteiger partial charge is 0.264 e. The summed E-state index contributed by atoms with van der Waals surface area (Å²) in [6.07, 6.45) is 3.45. The van der Waals surface area contributed by atoms with E-state index in [-0.39, 0.29) is 13.2 Å². The molecule has 0 amide bonds. The molecule has 90 valence electrons. The second-order valence-electron chi connectivity index (χ2n) is 3.21. The second kappa shape index (κ2) is 6.57. The molecule has 0 atom stereocenters. The van der Waals surface area contributed by atoms with E-state index in [0.29, 0.717) is 13.0 Å². The number of nitrogens with zero attached hydrogens (tertiary/aromatic N) is 1. The molecule has 0 radical (unpaired) electrons. The van der Waals surface area contributed by atoms with Gasteiger partial charge in [-0.15, -0.1) is 0 Å². The summed E-state index contributed by atoms with van der Waals surface area (Å²) in [4.78, 5) is 4.13. The summed E-state index contributed by atoms with van der Waals surface area (Å²) in [6.45, 7) is 0.824. The first-order valence-corrected chi connectivity index (χ1v) is 6.71. The lowest BCUT2D eigenvalue weighted by Gasteiger charge is -2.03. The zero-order valence-electron chi connectivity index (χ0n) is 9.13. The highest BCUT2D eigenvalue weighted by atomic mass is 32.2. The Labute approximate surface area is 95.5 Å². The standard InChI is InChI=1S/C10H15NO4S/c1-16(12,13)15-9-8-14-7-5-10-4-2-3-6-11-10/h2-4,6H,5,7-9H2,1H3. The fourth-order valence-corrected chi connectivity index (χ4v) is 1.44. The normalized spacial score (nSPS) is 11.6. The van der Waals surface area contributed by atoms with Gasteiger partial charge in [-0.05, 0) is 12.1 Å².